The van der Waals surface area contributed by atoms with E-state index in [4.69, 9.17) is 10.5 Å². The number of nitrogens with one attached hydrogen (secondary N) is 1. The Morgan fingerprint density at radius 3 is 2.86 bits per heavy atom. The third-order valence-electron chi connectivity index (χ3n) is 3.98. The lowest BCUT2D eigenvalue weighted by molar-refractivity contribution is 0.120. The van der Waals surface area contributed by atoms with E-state index in [-0.39, 0.29) is 6.10 Å². The average Bonchev–Trinajstić information content (AvgIpc) is 2.89. The van der Waals surface area contributed by atoms with Crippen LogP contribution in [-0.2, 0) is 4.74 Å². The SMILES string of the molecule is C=C(C)C1OCCC1CN=C(N)Nc1ccc(C)c(C)c1. The molecule has 1 aliphatic rings. The Balaban J connectivity index is 1.95. The van der Waals surface area contributed by atoms with E-state index in [2.05, 4.69) is 42.9 Å². The van der Waals surface area contributed by atoms with Gasteiger partial charge >= 0.3 is 0 Å². The largest absolute Gasteiger partial charge is 0.374 e. The van der Waals surface area contributed by atoms with Crippen molar-refractivity contribution in [3.05, 3.63) is 41.5 Å². The van der Waals surface area contributed by atoms with Crippen molar-refractivity contribution in [1.82, 2.24) is 0 Å². The Labute approximate surface area is 127 Å². The van der Waals surface area contributed by atoms with Gasteiger partial charge in [-0.2, -0.15) is 0 Å². The molecule has 1 heterocycles. The zero-order valence-corrected chi connectivity index (χ0v) is 13.1. The van der Waals surface area contributed by atoms with Crippen molar-refractivity contribution in [2.75, 3.05) is 18.5 Å². The second-order valence-electron chi connectivity index (χ2n) is 5.84. The number of hydrogen-bond acceptors (Lipinski definition) is 2. The van der Waals surface area contributed by atoms with Crippen LogP contribution in [-0.4, -0.2) is 25.2 Å². The molecule has 21 heavy (non-hydrogen) atoms. The van der Waals surface area contributed by atoms with Gasteiger partial charge in [0.15, 0.2) is 5.96 Å². The van der Waals surface area contributed by atoms with E-state index in [1.54, 1.807) is 0 Å². The molecule has 0 spiro atoms. The highest BCUT2D eigenvalue weighted by Gasteiger charge is 2.28. The van der Waals surface area contributed by atoms with Gasteiger partial charge in [0, 0.05) is 24.8 Å². The number of anilines is 1. The van der Waals surface area contributed by atoms with Gasteiger partial charge in [0.1, 0.15) is 0 Å². The van der Waals surface area contributed by atoms with Crippen molar-refractivity contribution in [3.63, 3.8) is 0 Å². The van der Waals surface area contributed by atoms with E-state index in [0.717, 1.165) is 24.3 Å². The molecule has 0 amide bonds. The lowest BCUT2D eigenvalue weighted by Gasteiger charge is -2.17. The second-order valence-corrected chi connectivity index (χ2v) is 5.84. The number of benzene rings is 1. The van der Waals surface area contributed by atoms with Gasteiger partial charge in [0.2, 0.25) is 0 Å². The number of hydrogen-bond donors (Lipinski definition) is 2. The predicted octanol–water partition coefficient (Wildman–Crippen LogP) is 3.01. The van der Waals surface area contributed by atoms with Gasteiger partial charge in [-0.05, 0) is 50.5 Å². The van der Waals surface area contributed by atoms with Crippen LogP contribution in [0.15, 0.2) is 35.3 Å². The predicted molar refractivity (Wildman–Crippen MR) is 88.7 cm³/mol. The molecule has 2 unspecified atom stereocenters. The molecule has 2 atom stereocenters. The van der Waals surface area contributed by atoms with Crippen LogP contribution < -0.4 is 11.1 Å². The fourth-order valence-corrected chi connectivity index (χ4v) is 2.59. The first-order valence-electron chi connectivity index (χ1n) is 7.38. The monoisotopic (exact) mass is 287 g/mol. The van der Waals surface area contributed by atoms with Crippen molar-refractivity contribution < 1.29 is 4.74 Å². The van der Waals surface area contributed by atoms with Crippen molar-refractivity contribution in [2.45, 2.75) is 33.3 Å². The summed E-state index contributed by atoms with van der Waals surface area (Å²) in [5.41, 5.74) is 10.5. The lowest BCUT2D eigenvalue weighted by atomic mass is 9.97. The Kier molecular flexibility index (Phi) is 5.02. The molecule has 0 aliphatic carbocycles. The highest BCUT2D eigenvalue weighted by Crippen LogP contribution is 2.26. The Morgan fingerprint density at radius 2 is 2.19 bits per heavy atom. The van der Waals surface area contributed by atoms with Crippen LogP contribution in [0.5, 0.6) is 0 Å². The third kappa shape index (κ3) is 4.08. The first-order chi connectivity index (χ1) is 9.97. The van der Waals surface area contributed by atoms with Gasteiger partial charge in [-0.1, -0.05) is 18.2 Å². The van der Waals surface area contributed by atoms with Gasteiger partial charge < -0.3 is 15.8 Å². The maximum absolute atomic E-state index is 5.97. The Morgan fingerprint density at radius 1 is 1.43 bits per heavy atom. The molecule has 0 aromatic heterocycles. The van der Waals surface area contributed by atoms with Gasteiger partial charge in [0.05, 0.1) is 6.10 Å². The maximum atomic E-state index is 5.97. The minimum atomic E-state index is 0.114. The molecule has 1 fully saturated rings. The van der Waals surface area contributed by atoms with E-state index in [0.29, 0.717) is 18.4 Å². The minimum Gasteiger partial charge on any atom is -0.374 e. The number of aliphatic imine (C=N–C) groups is 1. The quantitative estimate of drug-likeness (QED) is 0.508. The summed E-state index contributed by atoms with van der Waals surface area (Å²) in [6.07, 6.45) is 1.13. The molecule has 2 rings (SSSR count). The van der Waals surface area contributed by atoms with Gasteiger partial charge in [-0.15, -0.1) is 0 Å². The zero-order chi connectivity index (χ0) is 15.4. The van der Waals surface area contributed by atoms with Crippen LogP contribution in [0.4, 0.5) is 5.69 Å². The van der Waals surface area contributed by atoms with Crippen LogP contribution in [0.3, 0.4) is 0 Å². The van der Waals surface area contributed by atoms with E-state index >= 15 is 0 Å². The summed E-state index contributed by atoms with van der Waals surface area (Å²) in [5, 5.41) is 3.14. The fraction of sp³-hybridized carbons (Fsp3) is 0.471. The molecule has 0 bridgehead atoms. The van der Waals surface area contributed by atoms with Crippen LogP contribution in [0.2, 0.25) is 0 Å². The van der Waals surface area contributed by atoms with Crippen molar-refractivity contribution in [2.24, 2.45) is 16.6 Å². The van der Waals surface area contributed by atoms with Crippen LogP contribution in [0, 0.1) is 19.8 Å². The van der Waals surface area contributed by atoms with Gasteiger partial charge in [-0.3, -0.25) is 4.99 Å². The number of nitrogens with zero attached hydrogens (tertiary/aromatic N) is 1. The molecule has 1 aromatic carbocycles. The second kappa shape index (κ2) is 6.76. The highest BCUT2D eigenvalue weighted by atomic mass is 16.5. The lowest BCUT2D eigenvalue weighted by Crippen LogP contribution is -2.26. The molecule has 4 nitrogen and oxygen atoms in total. The molecule has 1 saturated heterocycles. The van der Waals surface area contributed by atoms with Crippen molar-refractivity contribution in [3.8, 4) is 0 Å². The summed E-state index contributed by atoms with van der Waals surface area (Å²) in [7, 11) is 0. The molecular weight excluding hydrogens is 262 g/mol. The van der Waals surface area contributed by atoms with E-state index in [1.807, 2.05) is 13.0 Å². The smallest absolute Gasteiger partial charge is 0.193 e. The normalized spacial score (nSPS) is 22.3. The summed E-state index contributed by atoms with van der Waals surface area (Å²) in [5.74, 6) is 0.827. The van der Waals surface area contributed by atoms with E-state index in [1.165, 1.54) is 11.1 Å². The number of rotatable bonds is 4. The maximum Gasteiger partial charge on any atom is 0.193 e. The molecule has 3 N–H and O–H groups in total. The van der Waals surface area contributed by atoms with E-state index in [9.17, 15) is 0 Å². The highest BCUT2D eigenvalue weighted by molar-refractivity contribution is 5.92. The van der Waals surface area contributed by atoms with Crippen molar-refractivity contribution >= 4 is 11.6 Å². The average molecular weight is 287 g/mol. The molecule has 1 aliphatic heterocycles. The van der Waals surface area contributed by atoms with Crippen LogP contribution in [0.25, 0.3) is 0 Å². The topological polar surface area (TPSA) is 59.6 Å². The molecule has 4 heteroatoms. The van der Waals surface area contributed by atoms with Crippen LogP contribution in [0.1, 0.15) is 24.5 Å². The zero-order valence-electron chi connectivity index (χ0n) is 13.1. The third-order valence-corrected chi connectivity index (χ3v) is 3.98. The molecular formula is C17H25N3O. The van der Waals surface area contributed by atoms with Gasteiger partial charge in [-0.25, -0.2) is 0 Å². The summed E-state index contributed by atoms with van der Waals surface area (Å²) >= 11 is 0. The summed E-state index contributed by atoms with van der Waals surface area (Å²) in [6, 6.07) is 6.17. The number of aryl methyl sites for hydroxylation is 2. The Bertz CT molecular complexity index is 551. The number of nitrogens with two attached hydrogens (primary N) is 1. The summed E-state index contributed by atoms with van der Waals surface area (Å²) < 4.78 is 5.68. The Hall–Kier alpha value is -1.81. The van der Waals surface area contributed by atoms with Crippen LogP contribution >= 0.6 is 0 Å². The first-order valence-corrected chi connectivity index (χ1v) is 7.38. The molecule has 1 aromatic rings. The molecule has 0 radical (unpaired) electrons. The molecule has 0 saturated carbocycles. The number of guanidine groups is 1. The first kappa shape index (κ1) is 15.6. The van der Waals surface area contributed by atoms with E-state index < -0.39 is 0 Å². The number of ether oxygens (including phenoxy) is 1. The standard InChI is InChI=1S/C17H25N3O/c1-11(2)16-14(7-8-21-16)10-19-17(18)20-15-6-5-12(3)13(4)9-15/h5-6,9,14,16H,1,7-8,10H2,2-4H3,(H3,18,19,20). The minimum absolute atomic E-state index is 0.114. The summed E-state index contributed by atoms with van der Waals surface area (Å²) in [6.45, 7) is 11.6. The van der Waals surface area contributed by atoms with Gasteiger partial charge in [0.25, 0.3) is 0 Å². The molecule has 114 valence electrons. The summed E-state index contributed by atoms with van der Waals surface area (Å²) in [4.78, 5) is 4.45. The van der Waals surface area contributed by atoms with Crippen molar-refractivity contribution in [1.29, 1.82) is 0 Å². The fourth-order valence-electron chi connectivity index (χ4n) is 2.59.